The third-order valence-electron chi connectivity index (χ3n) is 20.9. The first kappa shape index (κ1) is 76.7. The first-order valence-electron chi connectivity index (χ1n) is 34.0. The Morgan fingerprint density at radius 1 is 0.481 bits per heavy atom. The second kappa shape index (κ2) is 29.8. The number of hydrogen-bond donors (Lipinski definition) is 7. The van der Waals surface area contributed by atoms with Crippen LogP contribution in [0.4, 0.5) is 35.1 Å². The van der Waals surface area contributed by atoms with Gasteiger partial charge in [-0.25, -0.2) is 57.7 Å². The number of halogens is 8. The molecule has 8 aliphatic rings. The van der Waals surface area contributed by atoms with Gasteiger partial charge in [0.15, 0.2) is 0 Å². The summed E-state index contributed by atoms with van der Waals surface area (Å²) < 4.78 is 202. The highest BCUT2D eigenvalue weighted by Crippen LogP contribution is 2.43. The number of aromatic nitrogens is 8. The number of nitrogens with zero attached hydrogens (tertiary/aromatic N) is 11. The molecule has 0 amide bonds. The molecule has 4 aromatic carbocycles. The first-order valence-corrected chi connectivity index (χ1v) is 39.2. The zero-order valence-electron chi connectivity index (χ0n) is 58.1. The molecule has 1 unspecified atom stereocenters. The van der Waals surface area contributed by atoms with Gasteiger partial charge in [0.2, 0.25) is 0 Å². The SMILES string of the molecule is CS(=N)(=O)n1cc2c(n1)CN([C@H]1CO[C@H](c3cc(F)ccc3F)[C@@H](N)C1)C2.C[C@]1(N2Cc3cn(S(C)(=O)=O)nc3C2)CO[C@H](c2cc(F)ccc2F)[C@@H](N)C1.C[C@]1(N2Cc3cn[nH]c3C2)CO[C@H](c2cc(F)ccc2F)[C@@H](N)C1.N[C@H]1C[C@@H](N2Cc3cn(S(N)(=O)=O)nc3C2)CO[C@@H]1c1cc(F)ccc1F. The summed E-state index contributed by atoms with van der Waals surface area (Å²) in [6.45, 7) is 10.1. The van der Waals surface area contributed by atoms with E-state index in [0.717, 1.165) is 122 Å². The maximum absolute atomic E-state index is 14.1. The smallest absolute Gasteiger partial charge is 0.317 e. The fraction of sp³-hybridized carbons (Fsp3) is 0.471. The number of H-pyrrole nitrogens is 1. The van der Waals surface area contributed by atoms with Crippen molar-refractivity contribution in [3.8, 4) is 0 Å². The molecule has 13 atom stereocenters. The molecule has 572 valence electrons. The van der Waals surface area contributed by atoms with E-state index in [1.54, 1.807) is 6.20 Å². The van der Waals surface area contributed by atoms with E-state index in [0.29, 0.717) is 96.2 Å². The van der Waals surface area contributed by atoms with E-state index in [2.05, 4.69) is 52.0 Å². The number of aromatic amines is 1. The summed E-state index contributed by atoms with van der Waals surface area (Å²) in [5.74, 6) is -4.18. The molecular weight excluding hydrogens is 1460 g/mol. The fourth-order valence-electron chi connectivity index (χ4n) is 15.2. The van der Waals surface area contributed by atoms with Crippen molar-refractivity contribution in [2.75, 3.05) is 38.9 Å². The van der Waals surface area contributed by atoms with Crippen LogP contribution in [0.1, 0.15) is 131 Å². The minimum atomic E-state index is -3.90. The Hall–Kier alpha value is -7.51. The lowest BCUT2D eigenvalue weighted by Gasteiger charge is -2.46. The van der Waals surface area contributed by atoms with Crippen molar-refractivity contribution in [3.63, 3.8) is 0 Å². The lowest BCUT2D eigenvalue weighted by Crippen LogP contribution is -2.56. The first-order chi connectivity index (χ1) is 50.0. The molecular formula is C68H82F8N18O9S3. The molecule has 12 heterocycles. The summed E-state index contributed by atoms with van der Waals surface area (Å²) in [5.41, 5.74) is 31.9. The normalized spacial score (nSPS) is 28.3. The van der Waals surface area contributed by atoms with Crippen LogP contribution in [0.15, 0.2) is 97.6 Å². The second-order valence-corrected chi connectivity index (χ2v) is 34.2. The van der Waals surface area contributed by atoms with Crippen LogP contribution in [-0.4, -0.2) is 165 Å². The van der Waals surface area contributed by atoms with E-state index in [9.17, 15) is 56.2 Å². The summed E-state index contributed by atoms with van der Waals surface area (Å²) in [7, 11) is -10.2. The van der Waals surface area contributed by atoms with Crippen molar-refractivity contribution >= 4 is 30.1 Å². The Labute approximate surface area is 606 Å². The lowest BCUT2D eigenvalue weighted by molar-refractivity contribution is -0.0969. The Kier molecular flexibility index (Phi) is 21.6. The fourth-order valence-corrected chi connectivity index (χ4v) is 16.9. The van der Waals surface area contributed by atoms with Gasteiger partial charge in [0, 0.05) is 169 Å². The van der Waals surface area contributed by atoms with Gasteiger partial charge >= 0.3 is 10.2 Å². The predicted octanol–water partition coefficient (Wildman–Crippen LogP) is 5.94. The molecule has 8 aromatic rings. The number of benzene rings is 4. The lowest BCUT2D eigenvalue weighted by atomic mass is 9.85. The Bertz CT molecular complexity index is 4710. The van der Waals surface area contributed by atoms with E-state index in [-0.39, 0.29) is 46.5 Å². The van der Waals surface area contributed by atoms with Crippen LogP contribution in [-0.2, 0) is 101 Å². The van der Waals surface area contributed by atoms with Crippen molar-refractivity contribution in [1.29, 1.82) is 4.78 Å². The zero-order chi connectivity index (χ0) is 75.9. The van der Waals surface area contributed by atoms with Crippen LogP contribution < -0.4 is 28.1 Å². The molecule has 38 heteroatoms. The number of fused-ring (bicyclic) bond motifs is 4. The topological polar surface area (TPSA) is 371 Å². The van der Waals surface area contributed by atoms with Gasteiger partial charge in [-0.15, -0.1) is 0 Å². The van der Waals surface area contributed by atoms with Crippen LogP contribution in [0.3, 0.4) is 0 Å². The van der Waals surface area contributed by atoms with Gasteiger partial charge in [0.25, 0.3) is 10.0 Å². The number of ether oxygens (including phenoxy) is 4. The maximum Gasteiger partial charge on any atom is 0.317 e. The van der Waals surface area contributed by atoms with E-state index in [1.165, 1.54) is 34.4 Å². The third kappa shape index (κ3) is 16.3. The molecule has 27 nitrogen and oxygen atoms in total. The molecule has 0 spiro atoms. The van der Waals surface area contributed by atoms with Crippen LogP contribution in [0, 0.1) is 51.3 Å². The summed E-state index contributed by atoms with van der Waals surface area (Å²) in [4.78, 5) is 8.66. The minimum absolute atomic E-state index is 0.0255. The number of rotatable bonds is 11. The number of nitrogens with two attached hydrogens (primary N) is 5. The van der Waals surface area contributed by atoms with Gasteiger partial charge in [-0.05, 0) is 112 Å². The van der Waals surface area contributed by atoms with Crippen molar-refractivity contribution in [2.45, 2.75) is 164 Å². The minimum Gasteiger partial charge on any atom is -0.370 e. The molecule has 16 rings (SSSR count). The van der Waals surface area contributed by atoms with E-state index < -0.39 is 131 Å². The van der Waals surface area contributed by atoms with E-state index in [1.807, 2.05) is 13.1 Å². The predicted molar refractivity (Wildman–Crippen MR) is 368 cm³/mol. The van der Waals surface area contributed by atoms with Gasteiger partial charge in [0.1, 0.15) is 80.9 Å². The highest BCUT2D eigenvalue weighted by atomic mass is 32.2. The Balaban J connectivity index is 0.000000125. The maximum atomic E-state index is 14.1. The van der Waals surface area contributed by atoms with Crippen LogP contribution >= 0.6 is 0 Å². The highest BCUT2D eigenvalue weighted by Gasteiger charge is 2.47. The quantitative estimate of drug-likeness (QED) is 0.0736. The van der Waals surface area contributed by atoms with Crippen molar-refractivity contribution < 1.29 is 75.1 Å². The largest absolute Gasteiger partial charge is 0.370 e. The van der Waals surface area contributed by atoms with Crippen LogP contribution in [0.2, 0.25) is 0 Å². The summed E-state index contributed by atoms with van der Waals surface area (Å²) >= 11 is 0. The van der Waals surface area contributed by atoms with E-state index in [4.69, 9.17) is 51.8 Å². The Morgan fingerprint density at radius 3 is 1.23 bits per heavy atom. The van der Waals surface area contributed by atoms with Gasteiger partial charge in [-0.1, -0.05) is 0 Å². The monoisotopic (exact) mass is 1540 g/mol. The Morgan fingerprint density at radius 2 is 0.849 bits per heavy atom. The standard InChI is InChI=1S/C18H22F2N4O3S.C17H21F2N5O2S.C17H20F2N4O.C16H19F2N5O3S/c1-18(23-7-11-8-24(28(2,25)26)22-16(11)9-23)6-15(21)17(27-10-18)13-5-12(19)3-4-14(13)20;1-27(21,25)24-7-10-6-23(8-16(10)22-24)12-5-15(20)17(26-9-12)13-4-11(18)2-3-14(13)19;1-17(23-7-10-6-21-22-15(10)8-23)5-14(20)16(24-9-17)12-4-11(18)2-3-13(12)19;17-10-1-2-13(18)12(3-10)16-14(19)4-11(8-26-16)22-5-9-6-23(27(20,24)25)21-15(9)7-22/h3-5,8,15,17H,6-7,9-10,21H2,1-2H3;2-4,7,12,15,17,21H,5-6,8-9,20H2,1H3;2-4,6,14,16H,5,7-9,20H2,1H3,(H,21,22);1-3,6,11,14,16H,4-5,7-8,19H2,(H2,20,24,25)/t15-,17+,18+;12-,15+,17-,27?;14-,16+,17+;11-,14+,16-/m0101/s1. The number of hydrogen-bond acceptors (Lipinski definition) is 22. The molecule has 106 heavy (non-hydrogen) atoms. The molecule has 12 N–H and O–H groups in total. The number of nitrogens with one attached hydrogen (secondary N) is 2. The molecule has 4 aromatic heterocycles. The third-order valence-corrected chi connectivity index (χ3v) is 23.4. The molecule has 4 saturated heterocycles. The van der Waals surface area contributed by atoms with Gasteiger partial charge in [-0.3, -0.25) is 24.7 Å². The molecule has 0 radical (unpaired) electrons. The van der Waals surface area contributed by atoms with Crippen molar-refractivity contribution in [3.05, 3.63) is 211 Å². The highest BCUT2D eigenvalue weighted by molar-refractivity contribution is 7.90. The van der Waals surface area contributed by atoms with Gasteiger partial charge in [0.05, 0.1) is 61.7 Å². The van der Waals surface area contributed by atoms with Crippen molar-refractivity contribution in [1.82, 2.24) is 57.4 Å². The van der Waals surface area contributed by atoms with Crippen LogP contribution in [0.5, 0.6) is 0 Å². The second-order valence-electron chi connectivity index (χ2n) is 28.9. The van der Waals surface area contributed by atoms with Crippen LogP contribution in [0.25, 0.3) is 0 Å². The summed E-state index contributed by atoms with van der Waals surface area (Å²) in [6, 6.07) is 11.3. The molecule has 0 aliphatic carbocycles. The zero-order valence-corrected chi connectivity index (χ0v) is 60.5. The average Bonchev–Trinajstić information content (AvgIpc) is 1.64. The van der Waals surface area contributed by atoms with E-state index >= 15 is 0 Å². The van der Waals surface area contributed by atoms with Gasteiger partial charge < -0.3 is 41.9 Å². The van der Waals surface area contributed by atoms with Crippen molar-refractivity contribution in [2.24, 2.45) is 28.1 Å². The summed E-state index contributed by atoms with van der Waals surface area (Å²) in [6.07, 6.45) is 8.38. The molecule has 4 fully saturated rings. The molecule has 0 bridgehead atoms. The molecule has 0 saturated carbocycles. The molecule has 8 aliphatic heterocycles. The van der Waals surface area contributed by atoms with Gasteiger partial charge in [-0.2, -0.15) is 41.1 Å². The average molecular weight is 1540 g/mol. The summed E-state index contributed by atoms with van der Waals surface area (Å²) in [5, 5.41) is 24.6.